The number of imidazole rings is 1. The summed E-state index contributed by atoms with van der Waals surface area (Å²) in [5, 5.41) is 4.72. The molecule has 3 aliphatic rings. The van der Waals surface area contributed by atoms with Gasteiger partial charge in [0.05, 0.1) is 18.8 Å². The van der Waals surface area contributed by atoms with Crippen molar-refractivity contribution in [2.45, 2.75) is 70.0 Å². The summed E-state index contributed by atoms with van der Waals surface area (Å²) in [7, 11) is 0. The highest BCUT2D eigenvalue weighted by Gasteiger charge is 2.28. The Labute approximate surface area is 164 Å². The van der Waals surface area contributed by atoms with Crippen LogP contribution in [0.3, 0.4) is 0 Å². The summed E-state index contributed by atoms with van der Waals surface area (Å²) in [6.07, 6.45) is 9.06. The summed E-state index contributed by atoms with van der Waals surface area (Å²) in [4.78, 5) is 19.8. The maximum absolute atomic E-state index is 12.6. The first-order chi connectivity index (χ1) is 13.3. The Kier molecular flexibility index (Phi) is 4.82. The minimum Gasteiger partial charge on any atom is -0.331 e. The molecule has 0 N–H and O–H groups in total. The van der Waals surface area contributed by atoms with Crippen molar-refractivity contribution in [3.05, 3.63) is 45.4 Å². The van der Waals surface area contributed by atoms with E-state index in [1.165, 1.54) is 30.8 Å². The lowest BCUT2D eigenvalue weighted by Crippen LogP contribution is -2.38. The Morgan fingerprint density at radius 1 is 1.19 bits per heavy atom. The van der Waals surface area contributed by atoms with Gasteiger partial charge in [-0.05, 0) is 50.0 Å². The number of nitrogens with zero attached hydrogens (tertiary/aromatic N) is 5. The highest BCUT2D eigenvalue weighted by Crippen LogP contribution is 2.24. The van der Waals surface area contributed by atoms with E-state index < -0.39 is 0 Å². The average molecular weight is 386 g/mol. The van der Waals surface area contributed by atoms with Crippen molar-refractivity contribution in [2.75, 3.05) is 12.3 Å². The fourth-order valence-electron chi connectivity index (χ4n) is 4.70. The fourth-order valence-corrected chi connectivity index (χ4v) is 5.66. The normalized spacial score (nSPS) is 22.6. The van der Waals surface area contributed by atoms with E-state index in [0.717, 1.165) is 61.7 Å². The molecular weight excluding hydrogens is 358 g/mol. The van der Waals surface area contributed by atoms with Gasteiger partial charge in [0.15, 0.2) is 0 Å². The van der Waals surface area contributed by atoms with Gasteiger partial charge in [-0.3, -0.25) is 9.69 Å². The third-order valence-corrected chi connectivity index (χ3v) is 7.23. The summed E-state index contributed by atoms with van der Waals surface area (Å²) in [6.45, 7) is 3.78. The first-order valence-electron chi connectivity index (χ1n) is 10.2. The van der Waals surface area contributed by atoms with E-state index in [9.17, 15) is 4.79 Å². The third-order valence-electron chi connectivity index (χ3n) is 6.22. The first kappa shape index (κ1) is 17.5. The number of aromatic nitrogens is 4. The number of hydrogen-bond acceptors (Lipinski definition) is 5. The van der Waals surface area contributed by atoms with Crippen molar-refractivity contribution >= 4 is 11.8 Å². The Hall–Kier alpha value is -1.60. The summed E-state index contributed by atoms with van der Waals surface area (Å²) in [5.74, 6) is 3.23. The Balaban J connectivity index is 1.33. The van der Waals surface area contributed by atoms with Crippen molar-refractivity contribution in [1.29, 1.82) is 0 Å². The molecule has 0 aliphatic carbocycles. The summed E-state index contributed by atoms with van der Waals surface area (Å²) in [5.41, 5.74) is 3.71. The van der Waals surface area contributed by atoms with Gasteiger partial charge in [-0.25, -0.2) is 9.67 Å². The largest absolute Gasteiger partial charge is 0.331 e. The molecule has 2 aromatic rings. The lowest BCUT2D eigenvalue weighted by Gasteiger charge is -2.26. The number of likely N-dealkylation sites (tertiary alicyclic amines) is 1. The number of aryl methyl sites for hydroxylation is 2. The monoisotopic (exact) mass is 385 g/mol. The van der Waals surface area contributed by atoms with E-state index in [1.54, 1.807) is 4.68 Å². The third kappa shape index (κ3) is 3.47. The minimum absolute atomic E-state index is 0.0568. The molecule has 27 heavy (non-hydrogen) atoms. The molecule has 0 bridgehead atoms. The molecule has 0 radical (unpaired) electrons. The van der Waals surface area contributed by atoms with Gasteiger partial charge in [0.1, 0.15) is 5.82 Å². The van der Waals surface area contributed by atoms with Crippen LogP contribution in [0.4, 0.5) is 0 Å². The molecule has 3 aliphatic heterocycles. The quantitative estimate of drug-likeness (QED) is 0.808. The lowest BCUT2D eigenvalue weighted by molar-refractivity contribution is 0.208. The van der Waals surface area contributed by atoms with Crippen LogP contribution in [0.25, 0.3) is 0 Å². The zero-order valence-electron chi connectivity index (χ0n) is 15.8. The summed E-state index contributed by atoms with van der Waals surface area (Å²) >= 11 is 1.89. The molecule has 2 aromatic heterocycles. The maximum Gasteiger partial charge on any atom is 0.267 e. The molecule has 7 heteroatoms. The van der Waals surface area contributed by atoms with Crippen molar-refractivity contribution in [3.8, 4) is 0 Å². The van der Waals surface area contributed by atoms with Gasteiger partial charge in [0, 0.05) is 42.7 Å². The predicted octanol–water partition coefficient (Wildman–Crippen LogP) is 2.23. The number of thioether (sulfide) groups is 1. The molecule has 1 unspecified atom stereocenters. The van der Waals surface area contributed by atoms with E-state index in [2.05, 4.69) is 15.7 Å². The zero-order valence-corrected chi connectivity index (χ0v) is 16.6. The maximum atomic E-state index is 12.6. The Morgan fingerprint density at radius 2 is 2.15 bits per heavy atom. The predicted molar refractivity (Wildman–Crippen MR) is 107 cm³/mol. The highest BCUT2D eigenvalue weighted by molar-refractivity contribution is 7.98. The average Bonchev–Trinajstić information content (AvgIpc) is 3.30. The van der Waals surface area contributed by atoms with Crippen LogP contribution >= 0.6 is 11.8 Å². The lowest BCUT2D eigenvalue weighted by atomic mass is 10.1. The first-order valence-corrected chi connectivity index (χ1v) is 11.4. The second-order valence-electron chi connectivity index (χ2n) is 7.98. The number of rotatable bonds is 4. The standard InChI is InChI=1S/C20H27N5OS/c26-20-10-15-14-27-9-6-18(15)22-25(20)12-17-5-3-7-23(17)13-19-21-11-16-4-1-2-8-24(16)19/h10-11,17H,1-9,12-14H2. The second kappa shape index (κ2) is 7.43. The van der Waals surface area contributed by atoms with Crippen molar-refractivity contribution in [3.63, 3.8) is 0 Å². The number of fused-ring (bicyclic) bond motifs is 2. The molecule has 144 valence electrons. The SMILES string of the molecule is O=c1cc2c(nn1CC1CCCN1Cc1ncc3n1CCCC3)CCSC2. The molecule has 0 saturated carbocycles. The summed E-state index contributed by atoms with van der Waals surface area (Å²) in [6, 6.07) is 2.20. The zero-order chi connectivity index (χ0) is 18.2. The molecule has 5 rings (SSSR count). The van der Waals surface area contributed by atoms with Gasteiger partial charge in [0.2, 0.25) is 0 Å². The van der Waals surface area contributed by atoms with Crippen LogP contribution in [0.15, 0.2) is 17.1 Å². The van der Waals surface area contributed by atoms with Gasteiger partial charge < -0.3 is 4.57 Å². The topological polar surface area (TPSA) is 56.0 Å². The smallest absolute Gasteiger partial charge is 0.267 e. The van der Waals surface area contributed by atoms with Crippen LogP contribution in [0.5, 0.6) is 0 Å². The van der Waals surface area contributed by atoms with Gasteiger partial charge >= 0.3 is 0 Å². The van der Waals surface area contributed by atoms with E-state index in [4.69, 9.17) is 10.1 Å². The van der Waals surface area contributed by atoms with Crippen LogP contribution in [-0.2, 0) is 38.2 Å². The Morgan fingerprint density at radius 3 is 3.11 bits per heavy atom. The fraction of sp³-hybridized carbons (Fsp3) is 0.650. The molecule has 1 saturated heterocycles. The molecule has 0 amide bonds. The van der Waals surface area contributed by atoms with Crippen LogP contribution < -0.4 is 5.56 Å². The van der Waals surface area contributed by atoms with Crippen LogP contribution in [-0.4, -0.2) is 42.6 Å². The van der Waals surface area contributed by atoms with E-state index in [1.807, 2.05) is 17.8 Å². The molecule has 1 atom stereocenters. The van der Waals surface area contributed by atoms with Crippen LogP contribution in [0.1, 0.15) is 48.5 Å². The molecule has 1 fully saturated rings. The van der Waals surface area contributed by atoms with Gasteiger partial charge in [0.25, 0.3) is 5.56 Å². The van der Waals surface area contributed by atoms with E-state index in [-0.39, 0.29) is 5.56 Å². The van der Waals surface area contributed by atoms with Gasteiger partial charge in [-0.1, -0.05) is 0 Å². The van der Waals surface area contributed by atoms with Gasteiger partial charge in [-0.15, -0.1) is 0 Å². The van der Waals surface area contributed by atoms with E-state index in [0.29, 0.717) is 12.6 Å². The molecule has 0 aromatic carbocycles. The van der Waals surface area contributed by atoms with E-state index >= 15 is 0 Å². The molecule has 5 heterocycles. The highest BCUT2D eigenvalue weighted by atomic mass is 32.2. The Bertz CT molecular complexity index is 889. The van der Waals surface area contributed by atoms with Crippen LogP contribution in [0.2, 0.25) is 0 Å². The van der Waals surface area contributed by atoms with Crippen LogP contribution in [0, 0.1) is 0 Å². The van der Waals surface area contributed by atoms with Crippen molar-refractivity contribution in [1.82, 2.24) is 24.2 Å². The van der Waals surface area contributed by atoms with Gasteiger partial charge in [-0.2, -0.15) is 16.9 Å². The molecular formula is C20H27N5OS. The van der Waals surface area contributed by atoms with Crippen molar-refractivity contribution < 1.29 is 0 Å². The number of hydrogen-bond donors (Lipinski definition) is 0. The minimum atomic E-state index is 0.0568. The second-order valence-corrected chi connectivity index (χ2v) is 9.09. The summed E-state index contributed by atoms with van der Waals surface area (Å²) < 4.78 is 4.14. The molecule has 6 nitrogen and oxygen atoms in total. The van der Waals surface area contributed by atoms with Crippen molar-refractivity contribution in [2.24, 2.45) is 0 Å². The molecule has 0 spiro atoms.